The van der Waals surface area contributed by atoms with Crippen molar-refractivity contribution in [1.29, 1.82) is 0 Å². The van der Waals surface area contributed by atoms with Gasteiger partial charge in [0.15, 0.2) is 23.0 Å². The van der Waals surface area contributed by atoms with Crippen LogP contribution in [0.4, 0.5) is 0 Å². The molecular weight excluding hydrogens is 416 g/mol. The Kier molecular flexibility index (Phi) is 5.59. The summed E-state index contributed by atoms with van der Waals surface area (Å²) in [5.74, 6) is 2.52. The Labute approximate surface area is 182 Å². The van der Waals surface area contributed by atoms with Crippen LogP contribution in [0, 0.1) is 0 Å². The highest BCUT2D eigenvalue weighted by molar-refractivity contribution is 6.05. The molecule has 0 fully saturated rings. The number of rotatable bonds is 7. The molecule has 10 nitrogen and oxygen atoms in total. The Morgan fingerprint density at radius 3 is 2.09 bits per heavy atom. The maximum atomic E-state index is 13.0. The lowest BCUT2D eigenvalue weighted by molar-refractivity contribution is 0.324. The number of hydrogen-bond acceptors (Lipinski definition) is 8. The number of aromatic amines is 1. The molecule has 4 aromatic rings. The van der Waals surface area contributed by atoms with Gasteiger partial charge >= 0.3 is 0 Å². The molecule has 0 atom stereocenters. The van der Waals surface area contributed by atoms with Gasteiger partial charge in [0.25, 0.3) is 5.56 Å². The molecule has 4 rings (SSSR count). The minimum Gasteiger partial charge on any atom is -0.493 e. The summed E-state index contributed by atoms with van der Waals surface area (Å²) < 4.78 is 27.9. The lowest BCUT2D eigenvalue weighted by Crippen LogP contribution is -2.17. The van der Waals surface area contributed by atoms with Gasteiger partial charge in [0.2, 0.25) is 5.75 Å². The van der Waals surface area contributed by atoms with Gasteiger partial charge in [-0.3, -0.25) is 4.79 Å². The van der Waals surface area contributed by atoms with Gasteiger partial charge in [0.1, 0.15) is 17.4 Å². The molecule has 0 spiro atoms. The fourth-order valence-electron chi connectivity index (χ4n) is 3.46. The summed E-state index contributed by atoms with van der Waals surface area (Å²) in [6.45, 7) is 0. The van der Waals surface area contributed by atoms with E-state index in [2.05, 4.69) is 15.1 Å². The maximum absolute atomic E-state index is 13.0. The number of nitrogens with one attached hydrogen (secondary N) is 1. The minimum atomic E-state index is -0.354. The van der Waals surface area contributed by atoms with Crippen molar-refractivity contribution in [1.82, 2.24) is 14.6 Å². The predicted octanol–water partition coefficient (Wildman–Crippen LogP) is 2.80. The molecule has 2 heterocycles. The maximum Gasteiger partial charge on any atom is 0.298 e. The molecule has 0 aliphatic heterocycles. The van der Waals surface area contributed by atoms with Crippen LogP contribution in [0.15, 0.2) is 40.5 Å². The third-order valence-electron chi connectivity index (χ3n) is 5.01. The third kappa shape index (κ3) is 3.45. The molecule has 0 saturated carbocycles. The molecule has 166 valence electrons. The lowest BCUT2D eigenvalue weighted by Gasteiger charge is -2.12. The second-order valence-corrected chi connectivity index (χ2v) is 6.70. The topological polar surface area (TPSA) is 109 Å². The molecule has 0 amide bonds. The lowest BCUT2D eigenvalue weighted by atomic mass is 10.2. The summed E-state index contributed by atoms with van der Waals surface area (Å²) in [7, 11) is 7.69. The Bertz CT molecular complexity index is 1360. The number of hydrogen-bond donors (Lipinski definition) is 1. The Balaban J connectivity index is 1.79. The molecule has 1 N–H and O–H groups in total. The normalized spacial score (nSPS) is 11.3. The van der Waals surface area contributed by atoms with Gasteiger partial charge in [-0.1, -0.05) is 0 Å². The highest BCUT2D eigenvalue weighted by Crippen LogP contribution is 2.38. The smallest absolute Gasteiger partial charge is 0.298 e. The fourth-order valence-corrected chi connectivity index (χ4v) is 3.46. The standard InChI is InChI=1S/C22H22N4O6/c1-28-15-8-13-14(9-16(15)29-2)25-20-19(13)23-11-26(22(20)27)24-10-12-6-17(30-3)21(32-5)18(7-12)31-4/h6-11,25H,1-5H3/b24-10+. The second-order valence-electron chi connectivity index (χ2n) is 6.70. The number of nitrogens with zero attached hydrogens (tertiary/aromatic N) is 3. The number of fused-ring (bicyclic) bond motifs is 3. The van der Waals surface area contributed by atoms with Gasteiger partial charge in [-0.15, -0.1) is 0 Å². The number of ether oxygens (including phenoxy) is 5. The van der Waals surface area contributed by atoms with E-state index in [9.17, 15) is 4.79 Å². The van der Waals surface area contributed by atoms with E-state index in [1.54, 1.807) is 38.5 Å². The SMILES string of the molecule is COc1cc2[nH]c3c(=O)n(/N=C/c4cc(OC)c(OC)c(OC)c4)cnc3c2cc1OC. The Morgan fingerprint density at radius 1 is 0.875 bits per heavy atom. The summed E-state index contributed by atoms with van der Waals surface area (Å²) in [5, 5.41) is 5.01. The largest absolute Gasteiger partial charge is 0.493 e. The number of benzene rings is 2. The molecule has 0 bridgehead atoms. The Morgan fingerprint density at radius 2 is 1.50 bits per heavy atom. The van der Waals surface area contributed by atoms with Crippen LogP contribution in [0.5, 0.6) is 28.7 Å². The highest BCUT2D eigenvalue weighted by Gasteiger charge is 2.15. The van der Waals surface area contributed by atoms with Crippen molar-refractivity contribution in [2.75, 3.05) is 35.5 Å². The van der Waals surface area contributed by atoms with Crippen LogP contribution >= 0.6 is 0 Å². The first kappa shape index (κ1) is 21.0. The van der Waals surface area contributed by atoms with Crippen LogP contribution in [0.2, 0.25) is 0 Å². The number of H-pyrrole nitrogens is 1. The first-order valence-corrected chi connectivity index (χ1v) is 9.54. The van der Waals surface area contributed by atoms with Gasteiger partial charge in [-0.2, -0.15) is 9.78 Å². The minimum absolute atomic E-state index is 0.319. The fraction of sp³-hybridized carbons (Fsp3) is 0.227. The first-order valence-electron chi connectivity index (χ1n) is 9.54. The van der Waals surface area contributed by atoms with E-state index in [0.717, 1.165) is 10.1 Å². The van der Waals surface area contributed by atoms with Crippen molar-refractivity contribution in [2.24, 2.45) is 5.10 Å². The monoisotopic (exact) mass is 438 g/mol. The van der Waals surface area contributed by atoms with Crippen molar-refractivity contribution in [3.63, 3.8) is 0 Å². The van der Waals surface area contributed by atoms with Gasteiger partial charge in [0.05, 0.1) is 47.3 Å². The molecule has 0 radical (unpaired) electrons. The van der Waals surface area contributed by atoms with Crippen LogP contribution in [-0.4, -0.2) is 56.4 Å². The van der Waals surface area contributed by atoms with E-state index in [-0.39, 0.29) is 5.56 Å². The molecule has 0 saturated heterocycles. The molecular formula is C22H22N4O6. The van der Waals surface area contributed by atoms with Crippen molar-refractivity contribution in [2.45, 2.75) is 0 Å². The summed E-state index contributed by atoms with van der Waals surface area (Å²) in [5.41, 5.74) is 1.84. The van der Waals surface area contributed by atoms with Crippen LogP contribution in [0.1, 0.15) is 5.56 Å². The quantitative estimate of drug-likeness (QED) is 0.442. The summed E-state index contributed by atoms with van der Waals surface area (Å²) >= 11 is 0. The number of aromatic nitrogens is 3. The van der Waals surface area contributed by atoms with E-state index in [4.69, 9.17) is 23.7 Å². The zero-order valence-electron chi connectivity index (χ0n) is 18.3. The molecule has 0 aliphatic rings. The molecule has 32 heavy (non-hydrogen) atoms. The molecule has 2 aromatic carbocycles. The van der Waals surface area contributed by atoms with Crippen molar-refractivity contribution in [3.05, 3.63) is 46.5 Å². The van der Waals surface area contributed by atoms with Gasteiger partial charge in [-0.05, 0) is 18.2 Å². The average Bonchev–Trinajstić information content (AvgIpc) is 3.20. The van der Waals surface area contributed by atoms with Crippen molar-refractivity contribution >= 4 is 28.2 Å². The number of methoxy groups -OCH3 is 5. The molecule has 0 unspecified atom stereocenters. The zero-order valence-corrected chi connectivity index (χ0v) is 18.3. The van der Waals surface area contributed by atoms with Crippen molar-refractivity contribution in [3.8, 4) is 28.7 Å². The molecule has 2 aromatic heterocycles. The van der Waals surface area contributed by atoms with E-state index in [0.29, 0.717) is 50.9 Å². The Hall–Kier alpha value is -4.21. The van der Waals surface area contributed by atoms with Crippen molar-refractivity contribution < 1.29 is 23.7 Å². The van der Waals surface area contributed by atoms with Gasteiger partial charge in [-0.25, -0.2) is 4.98 Å². The first-order chi connectivity index (χ1) is 15.5. The summed E-state index contributed by atoms with van der Waals surface area (Å²) in [6, 6.07) is 6.99. The highest BCUT2D eigenvalue weighted by atomic mass is 16.5. The van der Waals surface area contributed by atoms with Crippen LogP contribution < -0.4 is 29.2 Å². The van der Waals surface area contributed by atoms with Crippen LogP contribution in [0.25, 0.3) is 21.9 Å². The van der Waals surface area contributed by atoms with E-state index in [1.807, 2.05) is 0 Å². The third-order valence-corrected chi connectivity index (χ3v) is 5.01. The summed E-state index contributed by atoms with van der Waals surface area (Å²) in [4.78, 5) is 20.5. The zero-order chi connectivity index (χ0) is 22.8. The molecule has 0 aliphatic carbocycles. The average molecular weight is 438 g/mol. The van der Waals surface area contributed by atoms with E-state index < -0.39 is 0 Å². The van der Waals surface area contributed by atoms with Gasteiger partial charge in [0, 0.05) is 17.0 Å². The van der Waals surface area contributed by atoms with Crippen LogP contribution in [0.3, 0.4) is 0 Å². The molecule has 10 heteroatoms. The second kappa shape index (κ2) is 8.50. The predicted molar refractivity (Wildman–Crippen MR) is 120 cm³/mol. The van der Waals surface area contributed by atoms with Gasteiger partial charge < -0.3 is 28.7 Å². The van der Waals surface area contributed by atoms with Crippen LogP contribution in [-0.2, 0) is 0 Å². The summed E-state index contributed by atoms with van der Waals surface area (Å²) in [6.07, 6.45) is 2.87. The van der Waals surface area contributed by atoms with E-state index in [1.165, 1.54) is 33.9 Å². The van der Waals surface area contributed by atoms with E-state index >= 15 is 0 Å².